The zero-order valence-electron chi connectivity index (χ0n) is 20.4. The summed E-state index contributed by atoms with van der Waals surface area (Å²) in [4.78, 5) is 41.3. The Morgan fingerprint density at radius 1 is 1.08 bits per heavy atom. The average molecular weight is 490 g/mol. The van der Waals surface area contributed by atoms with Gasteiger partial charge in [-0.2, -0.15) is 4.98 Å². The highest BCUT2D eigenvalue weighted by atomic mass is 16.6. The summed E-state index contributed by atoms with van der Waals surface area (Å²) < 4.78 is 10.6. The van der Waals surface area contributed by atoms with Crippen molar-refractivity contribution in [2.75, 3.05) is 10.6 Å². The molecule has 1 heterocycles. The van der Waals surface area contributed by atoms with Gasteiger partial charge in [-0.25, -0.2) is 14.4 Å². The molecule has 186 valence electrons. The molecule has 0 aliphatic rings. The Bertz CT molecular complexity index is 1510. The molecule has 9 heteroatoms. The molecule has 4 rings (SSSR count). The Morgan fingerprint density at radius 3 is 2.53 bits per heavy atom. The number of carboxylic acid groups (broad SMARTS) is 1. The van der Waals surface area contributed by atoms with Crippen LogP contribution in [-0.4, -0.2) is 33.8 Å². The monoisotopic (exact) mass is 489 g/mol. The number of aryl methyl sites for hydroxylation is 1. The van der Waals surface area contributed by atoms with Crippen LogP contribution in [0, 0.1) is 6.92 Å². The topological polar surface area (TPSA) is 131 Å². The molecule has 1 amide bonds. The third-order valence-corrected chi connectivity index (χ3v) is 5.59. The number of anilines is 2. The first-order valence-corrected chi connectivity index (χ1v) is 11.4. The molecule has 0 unspecified atom stereocenters. The molecule has 1 atom stereocenters. The van der Waals surface area contributed by atoms with E-state index >= 15 is 0 Å². The Hall–Kier alpha value is -4.40. The van der Waals surface area contributed by atoms with E-state index in [1.807, 2.05) is 42.5 Å². The van der Waals surface area contributed by atoms with Crippen molar-refractivity contribution in [2.45, 2.75) is 45.8 Å². The van der Waals surface area contributed by atoms with Gasteiger partial charge in [-0.15, -0.1) is 0 Å². The van der Waals surface area contributed by atoms with Gasteiger partial charge in [-0.05, 0) is 61.7 Å². The summed E-state index contributed by atoms with van der Waals surface area (Å²) in [7, 11) is 0. The van der Waals surface area contributed by atoms with Gasteiger partial charge < -0.3 is 19.6 Å². The van der Waals surface area contributed by atoms with Crippen molar-refractivity contribution in [1.82, 2.24) is 4.98 Å². The van der Waals surface area contributed by atoms with Crippen molar-refractivity contribution < 1.29 is 23.8 Å². The number of hydrogen-bond acceptors (Lipinski definition) is 7. The standard InChI is InChI=1S/C27H27N3O6/c1-15-19(30-26(34)36-27(2,3)4)12-13-20-22(15)24(33)35-25(28-20)29-21(23(31)32)14-17-10-7-9-16-8-5-6-11-18(16)17/h5-13,21H,14H2,1-4H3,(H,28,29)(H,30,34)(H,31,32)/t21-/m0/s1. The van der Waals surface area contributed by atoms with Crippen LogP contribution in [0.4, 0.5) is 16.5 Å². The molecule has 0 saturated carbocycles. The molecule has 3 aromatic carbocycles. The van der Waals surface area contributed by atoms with E-state index in [2.05, 4.69) is 15.6 Å². The van der Waals surface area contributed by atoms with Gasteiger partial charge in [0.15, 0.2) is 0 Å². The first-order chi connectivity index (χ1) is 17.0. The van der Waals surface area contributed by atoms with E-state index in [-0.39, 0.29) is 17.8 Å². The van der Waals surface area contributed by atoms with Crippen LogP contribution < -0.4 is 16.3 Å². The number of fused-ring (bicyclic) bond motifs is 2. The van der Waals surface area contributed by atoms with Crippen LogP contribution >= 0.6 is 0 Å². The molecule has 9 nitrogen and oxygen atoms in total. The Morgan fingerprint density at radius 2 is 1.81 bits per heavy atom. The summed E-state index contributed by atoms with van der Waals surface area (Å²) in [5.74, 6) is -1.11. The lowest BCUT2D eigenvalue weighted by molar-refractivity contribution is -0.137. The van der Waals surface area contributed by atoms with Gasteiger partial charge in [-0.1, -0.05) is 42.5 Å². The highest BCUT2D eigenvalue weighted by molar-refractivity contribution is 5.93. The van der Waals surface area contributed by atoms with Crippen molar-refractivity contribution in [3.8, 4) is 0 Å². The third-order valence-electron chi connectivity index (χ3n) is 5.59. The van der Waals surface area contributed by atoms with Crippen LogP contribution in [0.15, 0.2) is 63.8 Å². The molecule has 0 radical (unpaired) electrons. The van der Waals surface area contributed by atoms with Crippen molar-refractivity contribution in [2.24, 2.45) is 0 Å². The van der Waals surface area contributed by atoms with E-state index in [1.165, 1.54) is 0 Å². The number of carboxylic acids is 1. The van der Waals surface area contributed by atoms with Gasteiger partial charge in [0.05, 0.1) is 10.9 Å². The first-order valence-electron chi connectivity index (χ1n) is 11.4. The Labute approximate surface area is 207 Å². The minimum atomic E-state index is -1.11. The number of rotatable bonds is 6. The van der Waals surface area contributed by atoms with E-state index < -0.39 is 29.3 Å². The zero-order chi connectivity index (χ0) is 26.0. The summed E-state index contributed by atoms with van der Waals surface area (Å²) in [5.41, 5.74) is 0.591. The minimum Gasteiger partial charge on any atom is -0.480 e. The first kappa shape index (κ1) is 24.7. The SMILES string of the molecule is Cc1c(NC(=O)OC(C)(C)C)ccc2nc(N[C@@H](Cc3cccc4ccccc34)C(=O)O)oc(=O)c12. The lowest BCUT2D eigenvalue weighted by atomic mass is 9.99. The fraction of sp³-hybridized carbons (Fsp3) is 0.259. The summed E-state index contributed by atoms with van der Waals surface area (Å²) >= 11 is 0. The van der Waals surface area contributed by atoms with Crippen molar-refractivity contribution in [1.29, 1.82) is 0 Å². The summed E-state index contributed by atoms with van der Waals surface area (Å²) in [5, 5.41) is 17.3. The number of aliphatic carboxylic acids is 1. The number of benzene rings is 3. The minimum absolute atomic E-state index is 0.151. The molecule has 0 aliphatic heterocycles. The maximum atomic E-state index is 12.8. The van der Waals surface area contributed by atoms with Crippen molar-refractivity contribution >= 4 is 45.4 Å². The van der Waals surface area contributed by atoms with Gasteiger partial charge in [0, 0.05) is 12.1 Å². The van der Waals surface area contributed by atoms with Gasteiger partial charge in [0.25, 0.3) is 6.01 Å². The smallest absolute Gasteiger partial charge is 0.412 e. The van der Waals surface area contributed by atoms with E-state index in [1.54, 1.807) is 39.8 Å². The van der Waals surface area contributed by atoms with E-state index in [0.29, 0.717) is 16.8 Å². The van der Waals surface area contributed by atoms with Crippen LogP contribution in [0.1, 0.15) is 31.9 Å². The maximum absolute atomic E-state index is 12.8. The fourth-order valence-corrected chi connectivity index (χ4v) is 3.97. The average Bonchev–Trinajstić information content (AvgIpc) is 2.79. The largest absolute Gasteiger partial charge is 0.480 e. The molecule has 0 fully saturated rings. The lowest BCUT2D eigenvalue weighted by Crippen LogP contribution is -2.32. The van der Waals surface area contributed by atoms with Gasteiger partial charge in [-0.3, -0.25) is 5.32 Å². The predicted octanol–water partition coefficient (Wildman–Crippen LogP) is 5.10. The summed E-state index contributed by atoms with van der Waals surface area (Å²) in [6.45, 7) is 6.90. The number of nitrogens with zero attached hydrogens (tertiary/aromatic N) is 1. The molecule has 0 aliphatic carbocycles. The second-order valence-electron chi connectivity index (χ2n) is 9.44. The quantitative estimate of drug-likeness (QED) is 0.341. The fourth-order valence-electron chi connectivity index (χ4n) is 3.97. The van der Waals surface area contributed by atoms with Crippen LogP contribution in [-0.2, 0) is 16.0 Å². The van der Waals surface area contributed by atoms with E-state index in [0.717, 1.165) is 16.3 Å². The number of nitrogens with one attached hydrogen (secondary N) is 2. The molecule has 0 spiro atoms. The van der Waals surface area contributed by atoms with Crippen LogP contribution in [0.2, 0.25) is 0 Å². The Balaban J connectivity index is 1.61. The second kappa shape index (κ2) is 9.69. The number of aromatic nitrogens is 1. The van der Waals surface area contributed by atoms with Crippen LogP contribution in [0.25, 0.3) is 21.7 Å². The number of hydrogen-bond donors (Lipinski definition) is 3. The molecular formula is C27H27N3O6. The number of carbonyl (C=O) groups excluding carboxylic acids is 1. The predicted molar refractivity (Wildman–Crippen MR) is 138 cm³/mol. The molecular weight excluding hydrogens is 462 g/mol. The second-order valence-corrected chi connectivity index (χ2v) is 9.44. The maximum Gasteiger partial charge on any atom is 0.412 e. The molecule has 0 saturated heterocycles. The molecule has 36 heavy (non-hydrogen) atoms. The number of amides is 1. The van der Waals surface area contributed by atoms with Gasteiger partial charge in [0.2, 0.25) is 0 Å². The van der Waals surface area contributed by atoms with Crippen molar-refractivity contribution in [3.05, 3.63) is 76.1 Å². The summed E-state index contributed by atoms with van der Waals surface area (Å²) in [6, 6.07) is 15.3. The number of carbonyl (C=O) groups is 2. The van der Waals surface area contributed by atoms with Gasteiger partial charge in [0.1, 0.15) is 11.6 Å². The molecule has 4 aromatic rings. The third kappa shape index (κ3) is 5.46. The van der Waals surface area contributed by atoms with Crippen LogP contribution in [0.5, 0.6) is 0 Å². The number of ether oxygens (including phenoxy) is 1. The van der Waals surface area contributed by atoms with E-state index in [4.69, 9.17) is 9.15 Å². The van der Waals surface area contributed by atoms with Crippen molar-refractivity contribution in [3.63, 3.8) is 0 Å². The van der Waals surface area contributed by atoms with E-state index in [9.17, 15) is 19.5 Å². The highest BCUT2D eigenvalue weighted by Crippen LogP contribution is 2.25. The van der Waals surface area contributed by atoms with Gasteiger partial charge >= 0.3 is 17.7 Å². The highest BCUT2D eigenvalue weighted by Gasteiger charge is 2.22. The Kier molecular flexibility index (Phi) is 6.65. The van der Waals surface area contributed by atoms with Crippen LogP contribution in [0.3, 0.4) is 0 Å². The molecule has 1 aromatic heterocycles. The molecule has 0 bridgehead atoms. The normalized spacial score (nSPS) is 12.3. The molecule has 3 N–H and O–H groups in total. The summed E-state index contributed by atoms with van der Waals surface area (Å²) in [6.07, 6.45) is -0.504. The zero-order valence-corrected chi connectivity index (χ0v) is 20.4. The lowest BCUT2D eigenvalue weighted by Gasteiger charge is -2.20.